The van der Waals surface area contributed by atoms with Crippen molar-refractivity contribution in [1.29, 1.82) is 0 Å². The van der Waals surface area contributed by atoms with Gasteiger partial charge in [-0.15, -0.1) is 0 Å². The summed E-state index contributed by atoms with van der Waals surface area (Å²) in [6, 6.07) is 11.7. The second kappa shape index (κ2) is 6.08. The summed E-state index contributed by atoms with van der Waals surface area (Å²) in [7, 11) is 0. The van der Waals surface area contributed by atoms with Crippen molar-refractivity contribution in [2.75, 3.05) is 0 Å². The summed E-state index contributed by atoms with van der Waals surface area (Å²) >= 11 is 3.18. The van der Waals surface area contributed by atoms with Crippen LogP contribution in [0.2, 0.25) is 0 Å². The molecule has 0 saturated heterocycles. The number of aromatic carboxylic acids is 1. The summed E-state index contributed by atoms with van der Waals surface area (Å²) in [5.41, 5.74) is 1.25. The number of aromatic nitrogens is 1. The maximum absolute atomic E-state index is 12.3. The third kappa shape index (κ3) is 2.86. The minimum atomic E-state index is -1.02. The van der Waals surface area contributed by atoms with E-state index in [0.29, 0.717) is 10.4 Å². The molecule has 0 radical (unpaired) electrons. The Kier molecular flexibility index (Phi) is 4.16. The number of nitrogens with zero attached hydrogens (tertiary/aromatic N) is 1. The molecule has 1 heterocycles. The zero-order valence-electron chi connectivity index (χ0n) is 11.9. The first-order chi connectivity index (χ1) is 10.6. The summed E-state index contributed by atoms with van der Waals surface area (Å²) in [4.78, 5) is 23.5. The lowest BCUT2D eigenvalue weighted by atomic mass is 9.97. The third-order valence-corrected chi connectivity index (χ3v) is 4.88. The van der Waals surface area contributed by atoms with Crippen LogP contribution >= 0.6 is 15.9 Å². The number of hydrogen-bond donors (Lipinski definition) is 1. The molecule has 22 heavy (non-hydrogen) atoms. The molecule has 5 heteroatoms. The van der Waals surface area contributed by atoms with E-state index in [2.05, 4.69) is 28.1 Å². The first-order valence-electron chi connectivity index (χ1n) is 7.26. The van der Waals surface area contributed by atoms with Gasteiger partial charge in [0.1, 0.15) is 0 Å². The highest BCUT2D eigenvalue weighted by Gasteiger charge is 2.28. The maximum atomic E-state index is 12.3. The van der Waals surface area contributed by atoms with Gasteiger partial charge in [-0.3, -0.25) is 4.79 Å². The quantitative estimate of drug-likeness (QED) is 0.903. The number of rotatable bonds is 3. The van der Waals surface area contributed by atoms with Gasteiger partial charge in [0.05, 0.1) is 10.0 Å². The molecule has 1 fully saturated rings. The average Bonchev–Trinajstić information content (AvgIpc) is 3.00. The molecule has 4 nitrogen and oxygen atoms in total. The van der Waals surface area contributed by atoms with Gasteiger partial charge in [0, 0.05) is 12.2 Å². The molecule has 0 amide bonds. The zero-order valence-corrected chi connectivity index (χ0v) is 13.5. The van der Waals surface area contributed by atoms with E-state index in [-0.39, 0.29) is 17.2 Å². The van der Waals surface area contributed by atoms with Gasteiger partial charge in [-0.1, -0.05) is 30.3 Å². The zero-order chi connectivity index (χ0) is 15.7. The van der Waals surface area contributed by atoms with Crippen molar-refractivity contribution < 1.29 is 9.90 Å². The Morgan fingerprint density at radius 3 is 2.64 bits per heavy atom. The Morgan fingerprint density at radius 1 is 1.23 bits per heavy atom. The highest BCUT2D eigenvalue weighted by molar-refractivity contribution is 9.10. The molecule has 1 aromatic heterocycles. The lowest BCUT2D eigenvalue weighted by molar-refractivity contribution is 0.0695. The Hall–Kier alpha value is -1.88. The molecule has 1 aliphatic carbocycles. The van der Waals surface area contributed by atoms with Crippen LogP contribution in [0.3, 0.4) is 0 Å². The van der Waals surface area contributed by atoms with E-state index in [1.54, 1.807) is 4.57 Å². The van der Waals surface area contributed by atoms with Crippen LogP contribution in [0.25, 0.3) is 0 Å². The molecule has 3 rings (SSSR count). The average molecular weight is 362 g/mol. The summed E-state index contributed by atoms with van der Waals surface area (Å²) < 4.78 is 1.88. The van der Waals surface area contributed by atoms with Gasteiger partial charge in [0.15, 0.2) is 0 Å². The van der Waals surface area contributed by atoms with E-state index in [9.17, 15) is 9.59 Å². The monoisotopic (exact) mass is 361 g/mol. The number of halogens is 1. The first-order valence-corrected chi connectivity index (χ1v) is 8.05. The number of pyridine rings is 1. The molecule has 0 bridgehead atoms. The minimum absolute atomic E-state index is 0.0494. The van der Waals surface area contributed by atoms with Crippen molar-refractivity contribution in [2.24, 2.45) is 0 Å². The topological polar surface area (TPSA) is 59.3 Å². The van der Waals surface area contributed by atoms with Crippen molar-refractivity contribution in [1.82, 2.24) is 4.57 Å². The molecule has 114 valence electrons. The van der Waals surface area contributed by atoms with E-state index in [0.717, 1.165) is 19.3 Å². The van der Waals surface area contributed by atoms with Gasteiger partial charge in [-0.05, 0) is 52.7 Å². The molecule has 1 aromatic carbocycles. The van der Waals surface area contributed by atoms with Crippen LogP contribution in [0.5, 0.6) is 0 Å². The van der Waals surface area contributed by atoms with Crippen LogP contribution in [0.4, 0.5) is 0 Å². The Bertz CT molecular complexity index is 754. The number of hydrogen-bond acceptors (Lipinski definition) is 2. The first kappa shape index (κ1) is 15.0. The maximum Gasteiger partial charge on any atom is 0.337 e. The molecule has 2 aromatic rings. The van der Waals surface area contributed by atoms with Gasteiger partial charge in [0.2, 0.25) is 0 Å². The predicted molar refractivity (Wildman–Crippen MR) is 87.4 cm³/mol. The number of carboxylic acids is 1. The van der Waals surface area contributed by atoms with Crippen LogP contribution < -0.4 is 5.56 Å². The van der Waals surface area contributed by atoms with Gasteiger partial charge in [-0.2, -0.15) is 0 Å². The highest BCUT2D eigenvalue weighted by atomic mass is 79.9. The smallest absolute Gasteiger partial charge is 0.337 e. The van der Waals surface area contributed by atoms with Crippen molar-refractivity contribution in [3.05, 3.63) is 68.5 Å². The van der Waals surface area contributed by atoms with Crippen molar-refractivity contribution in [2.45, 2.75) is 31.2 Å². The van der Waals surface area contributed by atoms with Gasteiger partial charge in [0.25, 0.3) is 5.56 Å². The third-order valence-electron chi connectivity index (χ3n) is 4.32. The van der Waals surface area contributed by atoms with Crippen LogP contribution in [-0.4, -0.2) is 15.6 Å². The molecule has 1 aliphatic rings. The van der Waals surface area contributed by atoms with E-state index in [4.69, 9.17) is 5.11 Å². The molecule has 0 spiro atoms. The number of carbonyl (C=O) groups is 1. The molecule has 2 atom stereocenters. The van der Waals surface area contributed by atoms with Crippen molar-refractivity contribution in [3.8, 4) is 0 Å². The molecule has 0 unspecified atom stereocenters. The lowest BCUT2D eigenvalue weighted by Crippen LogP contribution is -2.25. The molecule has 1 N–H and O–H groups in total. The molecule has 1 saturated carbocycles. The van der Waals surface area contributed by atoms with Gasteiger partial charge in [-0.25, -0.2) is 4.79 Å². The van der Waals surface area contributed by atoms with E-state index in [1.807, 2.05) is 18.2 Å². The Balaban J connectivity index is 1.90. The van der Waals surface area contributed by atoms with Crippen LogP contribution in [0, 0.1) is 0 Å². The second-order valence-electron chi connectivity index (χ2n) is 5.67. The fraction of sp³-hybridized carbons (Fsp3) is 0.294. The fourth-order valence-corrected chi connectivity index (χ4v) is 3.65. The normalized spacial score (nSPS) is 21.0. The summed E-state index contributed by atoms with van der Waals surface area (Å²) in [5, 5.41) is 9.16. The van der Waals surface area contributed by atoms with Crippen LogP contribution in [0.1, 0.15) is 47.1 Å². The SMILES string of the molecule is O=C(O)c1cc(Br)c(=O)n([C@H]2CC[C@@H](c3ccccc3)C2)c1. The Morgan fingerprint density at radius 2 is 1.95 bits per heavy atom. The van der Waals surface area contributed by atoms with Crippen LogP contribution in [-0.2, 0) is 0 Å². The standard InChI is InChI=1S/C17H16BrNO3/c18-15-9-13(17(21)22)10-19(16(15)20)14-7-6-12(8-14)11-4-2-1-3-5-11/h1-5,9-10,12,14H,6-8H2,(H,21,22)/t12-,14+/m1/s1. The predicted octanol–water partition coefficient (Wildman–Crippen LogP) is 3.82. The summed E-state index contributed by atoms with van der Waals surface area (Å²) in [6.07, 6.45) is 4.22. The van der Waals surface area contributed by atoms with E-state index >= 15 is 0 Å². The molecular weight excluding hydrogens is 346 g/mol. The Labute approximate surface area is 136 Å². The highest BCUT2D eigenvalue weighted by Crippen LogP contribution is 2.40. The molecule has 0 aliphatic heterocycles. The largest absolute Gasteiger partial charge is 0.478 e. The van der Waals surface area contributed by atoms with Gasteiger partial charge < -0.3 is 9.67 Å². The van der Waals surface area contributed by atoms with E-state index in [1.165, 1.54) is 17.8 Å². The minimum Gasteiger partial charge on any atom is -0.478 e. The van der Waals surface area contributed by atoms with E-state index < -0.39 is 5.97 Å². The lowest BCUT2D eigenvalue weighted by Gasteiger charge is -2.16. The summed E-state index contributed by atoms with van der Waals surface area (Å²) in [6.45, 7) is 0. The number of carboxylic acid groups (broad SMARTS) is 1. The molecular formula is C17H16BrNO3. The summed E-state index contributed by atoms with van der Waals surface area (Å²) in [5.74, 6) is -0.600. The fourth-order valence-electron chi connectivity index (χ4n) is 3.19. The van der Waals surface area contributed by atoms with Gasteiger partial charge >= 0.3 is 5.97 Å². The van der Waals surface area contributed by atoms with Crippen LogP contribution in [0.15, 0.2) is 51.9 Å². The van der Waals surface area contributed by atoms with Crippen molar-refractivity contribution >= 4 is 21.9 Å². The number of benzene rings is 1. The second-order valence-corrected chi connectivity index (χ2v) is 6.52. The van der Waals surface area contributed by atoms with Crippen molar-refractivity contribution in [3.63, 3.8) is 0 Å².